The SMILES string of the molecule is Clc1nc(NC2CCCCCCCCCC2)nc(C2CCCCCCCCCCCC2)n1. The van der Waals surface area contributed by atoms with Crippen LogP contribution in [0.4, 0.5) is 5.95 Å². The number of aromatic nitrogens is 3. The molecule has 0 aliphatic heterocycles. The van der Waals surface area contributed by atoms with E-state index in [-0.39, 0.29) is 0 Å². The summed E-state index contributed by atoms with van der Waals surface area (Å²) >= 11 is 6.41. The van der Waals surface area contributed by atoms with Crippen molar-refractivity contribution in [1.82, 2.24) is 15.0 Å². The summed E-state index contributed by atoms with van der Waals surface area (Å²) in [6.45, 7) is 0. The molecule has 5 heteroatoms. The fraction of sp³-hybridized carbons (Fsp3) is 0.889. The van der Waals surface area contributed by atoms with E-state index in [1.54, 1.807) is 0 Å². The van der Waals surface area contributed by atoms with Crippen molar-refractivity contribution in [3.8, 4) is 0 Å². The Hall–Kier alpha value is -0.900. The minimum Gasteiger partial charge on any atom is -0.351 e. The first-order valence-corrected chi connectivity index (χ1v) is 14.4. The summed E-state index contributed by atoms with van der Waals surface area (Å²) in [6, 6.07) is 0.458. The smallest absolute Gasteiger partial charge is 0.227 e. The highest BCUT2D eigenvalue weighted by molar-refractivity contribution is 6.28. The quantitative estimate of drug-likeness (QED) is 0.486. The number of rotatable bonds is 3. The van der Waals surface area contributed by atoms with Crippen LogP contribution in [0.25, 0.3) is 0 Å². The minimum atomic E-state index is 0.358. The molecule has 2 fully saturated rings. The Morgan fingerprint density at radius 1 is 0.500 bits per heavy atom. The van der Waals surface area contributed by atoms with Gasteiger partial charge in [0.05, 0.1) is 0 Å². The number of hydrogen-bond donors (Lipinski definition) is 1. The molecule has 32 heavy (non-hydrogen) atoms. The Morgan fingerprint density at radius 3 is 1.38 bits per heavy atom. The van der Waals surface area contributed by atoms with Crippen LogP contribution in [-0.2, 0) is 0 Å². The predicted octanol–water partition coefficient (Wildman–Crippen LogP) is 9.00. The molecule has 1 aromatic heterocycles. The summed E-state index contributed by atoms with van der Waals surface area (Å²) in [6.07, 6.45) is 29.3. The van der Waals surface area contributed by atoms with Gasteiger partial charge in [-0.3, -0.25) is 0 Å². The lowest BCUT2D eigenvalue weighted by atomic mass is 9.94. The van der Waals surface area contributed by atoms with Gasteiger partial charge in [0, 0.05) is 12.0 Å². The Morgan fingerprint density at radius 2 is 0.906 bits per heavy atom. The van der Waals surface area contributed by atoms with Crippen LogP contribution in [0.2, 0.25) is 5.28 Å². The Labute approximate surface area is 202 Å². The number of nitrogens with zero attached hydrogens (tertiary/aromatic N) is 3. The van der Waals surface area contributed by atoms with Crippen LogP contribution in [0.1, 0.15) is 153 Å². The Balaban J connectivity index is 1.63. The van der Waals surface area contributed by atoms with Gasteiger partial charge in [-0.05, 0) is 37.3 Å². The molecule has 2 aliphatic rings. The van der Waals surface area contributed by atoms with Gasteiger partial charge in [0.2, 0.25) is 11.2 Å². The molecule has 0 spiro atoms. The average molecular weight is 463 g/mol. The molecular formula is C27H47ClN4. The van der Waals surface area contributed by atoms with Crippen LogP contribution in [0.15, 0.2) is 0 Å². The molecule has 2 saturated carbocycles. The van der Waals surface area contributed by atoms with Crippen LogP contribution in [0.5, 0.6) is 0 Å². The second-order valence-electron chi connectivity index (χ2n) is 10.3. The average Bonchev–Trinajstić information content (AvgIpc) is 2.81. The van der Waals surface area contributed by atoms with Crippen molar-refractivity contribution in [1.29, 1.82) is 0 Å². The zero-order valence-electron chi connectivity index (χ0n) is 20.4. The molecule has 0 bridgehead atoms. The zero-order chi connectivity index (χ0) is 22.3. The highest BCUT2D eigenvalue weighted by Gasteiger charge is 2.19. The minimum absolute atomic E-state index is 0.358. The summed E-state index contributed by atoms with van der Waals surface area (Å²) in [7, 11) is 0. The normalized spacial score (nSPS) is 22.7. The third-order valence-electron chi connectivity index (χ3n) is 7.53. The lowest BCUT2D eigenvalue weighted by Gasteiger charge is -2.20. The van der Waals surface area contributed by atoms with Gasteiger partial charge in [-0.25, -0.2) is 4.98 Å². The van der Waals surface area contributed by atoms with E-state index < -0.39 is 0 Å². The van der Waals surface area contributed by atoms with E-state index in [0.29, 0.717) is 23.2 Å². The van der Waals surface area contributed by atoms with Gasteiger partial charge in [-0.1, -0.05) is 116 Å². The van der Waals surface area contributed by atoms with Gasteiger partial charge in [0.15, 0.2) is 0 Å². The summed E-state index contributed by atoms with van der Waals surface area (Å²) in [5.41, 5.74) is 0. The molecule has 1 N–H and O–H groups in total. The van der Waals surface area contributed by atoms with E-state index in [1.165, 1.54) is 141 Å². The molecule has 2 aliphatic carbocycles. The first-order chi connectivity index (χ1) is 15.8. The monoisotopic (exact) mass is 462 g/mol. The van der Waals surface area contributed by atoms with Crippen LogP contribution >= 0.6 is 11.6 Å². The lowest BCUT2D eigenvalue weighted by molar-refractivity contribution is 0.481. The molecule has 0 amide bonds. The van der Waals surface area contributed by atoms with Gasteiger partial charge in [-0.15, -0.1) is 0 Å². The van der Waals surface area contributed by atoms with Crippen molar-refractivity contribution in [3.63, 3.8) is 0 Å². The van der Waals surface area contributed by atoms with E-state index in [1.807, 2.05) is 0 Å². The van der Waals surface area contributed by atoms with E-state index in [4.69, 9.17) is 16.6 Å². The zero-order valence-corrected chi connectivity index (χ0v) is 21.2. The molecule has 0 saturated heterocycles. The number of halogens is 1. The van der Waals surface area contributed by atoms with Gasteiger partial charge in [-0.2, -0.15) is 9.97 Å². The first-order valence-electron chi connectivity index (χ1n) is 14.0. The number of nitrogens with one attached hydrogen (secondary N) is 1. The van der Waals surface area contributed by atoms with Crippen molar-refractivity contribution in [3.05, 3.63) is 11.1 Å². The maximum absolute atomic E-state index is 6.41. The molecule has 1 aromatic rings. The van der Waals surface area contributed by atoms with Crippen molar-refractivity contribution >= 4 is 17.5 Å². The topological polar surface area (TPSA) is 50.7 Å². The molecule has 1 heterocycles. The summed E-state index contributed by atoms with van der Waals surface area (Å²) in [4.78, 5) is 14.0. The van der Waals surface area contributed by atoms with Gasteiger partial charge >= 0.3 is 0 Å². The second-order valence-corrected chi connectivity index (χ2v) is 10.7. The van der Waals surface area contributed by atoms with Crippen molar-refractivity contribution in [2.75, 3.05) is 5.32 Å². The fourth-order valence-corrected chi connectivity index (χ4v) is 5.69. The maximum Gasteiger partial charge on any atom is 0.227 e. The van der Waals surface area contributed by atoms with E-state index >= 15 is 0 Å². The van der Waals surface area contributed by atoms with Gasteiger partial charge < -0.3 is 5.32 Å². The van der Waals surface area contributed by atoms with E-state index in [9.17, 15) is 0 Å². The van der Waals surface area contributed by atoms with Crippen LogP contribution < -0.4 is 5.32 Å². The molecule has 0 unspecified atom stereocenters. The summed E-state index contributed by atoms with van der Waals surface area (Å²) in [5, 5.41) is 4.03. The van der Waals surface area contributed by atoms with Gasteiger partial charge in [0.1, 0.15) is 5.82 Å². The molecule has 3 rings (SSSR count). The highest BCUT2D eigenvalue weighted by Crippen LogP contribution is 2.29. The summed E-state index contributed by atoms with van der Waals surface area (Å²) < 4.78 is 0. The molecule has 4 nitrogen and oxygen atoms in total. The Kier molecular flexibility index (Phi) is 12.7. The molecular weight excluding hydrogens is 416 g/mol. The summed E-state index contributed by atoms with van der Waals surface area (Å²) in [5.74, 6) is 2.06. The van der Waals surface area contributed by atoms with Crippen LogP contribution in [0, 0.1) is 0 Å². The third-order valence-corrected chi connectivity index (χ3v) is 7.70. The number of anilines is 1. The van der Waals surface area contributed by atoms with Crippen molar-refractivity contribution < 1.29 is 0 Å². The van der Waals surface area contributed by atoms with Crippen LogP contribution in [-0.4, -0.2) is 21.0 Å². The molecule has 0 atom stereocenters. The Bertz CT molecular complexity index is 598. The first kappa shape index (κ1) is 25.7. The largest absolute Gasteiger partial charge is 0.351 e. The molecule has 0 aromatic carbocycles. The number of hydrogen-bond acceptors (Lipinski definition) is 4. The fourth-order valence-electron chi connectivity index (χ4n) is 5.52. The molecule has 0 radical (unpaired) electrons. The van der Waals surface area contributed by atoms with Gasteiger partial charge in [0.25, 0.3) is 0 Å². The highest BCUT2D eigenvalue weighted by atomic mass is 35.5. The predicted molar refractivity (Wildman–Crippen MR) is 137 cm³/mol. The second kappa shape index (κ2) is 15.9. The van der Waals surface area contributed by atoms with Crippen molar-refractivity contribution in [2.24, 2.45) is 0 Å². The van der Waals surface area contributed by atoms with E-state index in [0.717, 1.165) is 5.82 Å². The standard InChI is InChI=1S/C27H47ClN4/c28-26-30-25(23-19-15-11-7-3-1-2-4-8-12-16-20-23)31-27(32-26)29-24-21-17-13-9-5-6-10-14-18-22-24/h23-24H,1-22H2,(H,29,30,31,32). The third kappa shape index (κ3) is 10.4. The maximum atomic E-state index is 6.41. The van der Waals surface area contributed by atoms with Crippen molar-refractivity contribution in [2.45, 2.75) is 153 Å². The van der Waals surface area contributed by atoms with Crippen LogP contribution in [0.3, 0.4) is 0 Å². The molecule has 182 valence electrons. The van der Waals surface area contributed by atoms with E-state index in [2.05, 4.69) is 15.3 Å². The lowest BCUT2D eigenvalue weighted by Crippen LogP contribution is -2.22.